The van der Waals surface area contributed by atoms with E-state index in [2.05, 4.69) is 0 Å². The van der Waals surface area contributed by atoms with Crippen molar-refractivity contribution in [1.29, 1.82) is 0 Å². The molecular formula is C27H24FNO4. The summed E-state index contributed by atoms with van der Waals surface area (Å²) in [6.45, 7) is -0.0347. The van der Waals surface area contributed by atoms with Crippen molar-refractivity contribution < 1.29 is 23.8 Å². The van der Waals surface area contributed by atoms with Crippen LogP contribution in [0.5, 0.6) is 5.75 Å². The van der Waals surface area contributed by atoms with E-state index in [-0.39, 0.29) is 23.5 Å². The van der Waals surface area contributed by atoms with Crippen LogP contribution in [0.3, 0.4) is 0 Å². The van der Waals surface area contributed by atoms with Crippen LogP contribution in [0.2, 0.25) is 0 Å². The monoisotopic (exact) mass is 445 g/mol. The molecule has 2 aliphatic rings. The van der Waals surface area contributed by atoms with E-state index >= 15 is 0 Å². The Kier molecular flexibility index (Phi) is 5.58. The molecule has 1 aliphatic heterocycles. The molecule has 33 heavy (non-hydrogen) atoms. The molecule has 0 unspecified atom stereocenters. The number of carboxylic acids is 1. The van der Waals surface area contributed by atoms with Crippen molar-refractivity contribution in [3.05, 3.63) is 101 Å². The van der Waals surface area contributed by atoms with Gasteiger partial charge in [0.25, 0.3) is 0 Å². The SMILES string of the molecule is O=C(O)COc1ccc(F)cc1[C@H]1c2ccccc2CCN1C(=O)[C@H]1C[C@@H]1c1ccccc1. The number of nitrogens with zero attached hydrogens (tertiary/aromatic N) is 1. The summed E-state index contributed by atoms with van der Waals surface area (Å²) in [4.78, 5) is 26.6. The lowest BCUT2D eigenvalue weighted by molar-refractivity contribution is -0.139. The van der Waals surface area contributed by atoms with Crippen LogP contribution in [0, 0.1) is 11.7 Å². The second-order valence-corrected chi connectivity index (χ2v) is 8.61. The molecule has 1 aliphatic carbocycles. The number of hydrogen-bond acceptors (Lipinski definition) is 3. The maximum Gasteiger partial charge on any atom is 0.341 e. The third kappa shape index (κ3) is 4.21. The first-order chi connectivity index (χ1) is 16.0. The van der Waals surface area contributed by atoms with Gasteiger partial charge < -0.3 is 14.7 Å². The largest absolute Gasteiger partial charge is 0.482 e. The summed E-state index contributed by atoms with van der Waals surface area (Å²) < 4.78 is 19.9. The molecule has 3 aromatic rings. The Hall–Kier alpha value is -3.67. The molecule has 0 spiro atoms. The van der Waals surface area contributed by atoms with Crippen LogP contribution in [0.15, 0.2) is 72.8 Å². The molecule has 0 saturated heterocycles. The molecule has 5 rings (SSSR count). The van der Waals surface area contributed by atoms with Crippen molar-refractivity contribution in [2.45, 2.75) is 24.8 Å². The molecule has 0 bridgehead atoms. The molecular weight excluding hydrogens is 421 g/mol. The Labute approximate surface area is 191 Å². The Morgan fingerprint density at radius 1 is 1.00 bits per heavy atom. The summed E-state index contributed by atoms with van der Waals surface area (Å²) in [6.07, 6.45) is 1.50. The summed E-state index contributed by atoms with van der Waals surface area (Å²) in [5, 5.41) is 9.08. The van der Waals surface area contributed by atoms with Crippen LogP contribution in [-0.4, -0.2) is 35.0 Å². The third-order valence-corrected chi connectivity index (χ3v) is 6.52. The number of carbonyl (C=O) groups excluding carboxylic acids is 1. The van der Waals surface area contributed by atoms with Gasteiger partial charge in [0, 0.05) is 18.0 Å². The number of hydrogen-bond donors (Lipinski definition) is 1. The van der Waals surface area contributed by atoms with Crippen molar-refractivity contribution in [1.82, 2.24) is 4.90 Å². The Balaban J connectivity index is 1.52. The first-order valence-corrected chi connectivity index (χ1v) is 11.1. The first-order valence-electron chi connectivity index (χ1n) is 11.1. The summed E-state index contributed by atoms with van der Waals surface area (Å²) >= 11 is 0. The van der Waals surface area contributed by atoms with Gasteiger partial charge in [-0.15, -0.1) is 0 Å². The predicted octanol–water partition coefficient (Wildman–Crippen LogP) is 4.57. The van der Waals surface area contributed by atoms with Gasteiger partial charge in [0.1, 0.15) is 11.6 Å². The van der Waals surface area contributed by atoms with Crippen LogP contribution in [0.1, 0.15) is 40.6 Å². The molecule has 0 radical (unpaired) electrons. The van der Waals surface area contributed by atoms with E-state index in [1.165, 1.54) is 18.2 Å². The zero-order valence-corrected chi connectivity index (χ0v) is 18.0. The lowest BCUT2D eigenvalue weighted by atomic mass is 9.87. The topological polar surface area (TPSA) is 66.8 Å². The highest BCUT2D eigenvalue weighted by molar-refractivity contribution is 5.84. The molecule has 168 valence electrons. The number of ether oxygens (including phenoxy) is 1. The number of fused-ring (bicyclic) bond motifs is 1. The summed E-state index contributed by atoms with van der Waals surface area (Å²) in [5.74, 6) is -1.20. The van der Waals surface area contributed by atoms with Crippen LogP contribution >= 0.6 is 0 Å². The van der Waals surface area contributed by atoms with Gasteiger partial charge in [-0.1, -0.05) is 54.6 Å². The molecule has 5 nitrogen and oxygen atoms in total. The van der Waals surface area contributed by atoms with E-state index in [1.807, 2.05) is 59.5 Å². The Bertz CT molecular complexity index is 1200. The lowest BCUT2D eigenvalue weighted by Gasteiger charge is -2.38. The molecule has 1 fully saturated rings. The number of carbonyl (C=O) groups is 2. The smallest absolute Gasteiger partial charge is 0.341 e. The number of benzene rings is 3. The zero-order valence-electron chi connectivity index (χ0n) is 18.0. The lowest BCUT2D eigenvalue weighted by Crippen LogP contribution is -2.41. The average molecular weight is 445 g/mol. The first kappa shape index (κ1) is 21.2. The van der Waals surface area contributed by atoms with Crippen LogP contribution in [0.25, 0.3) is 0 Å². The quantitative estimate of drug-likeness (QED) is 0.604. The predicted molar refractivity (Wildman–Crippen MR) is 121 cm³/mol. The fraction of sp³-hybridized carbons (Fsp3) is 0.259. The van der Waals surface area contributed by atoms with Gasteiger partial charge in [-0.2, -0.15) is 0 Å². The van der Waals surface area contributed by atoms with E-state index in [0.717, 1.165) is 23.1 Å². The molecule has 1 amide bonds. The van der Waals surface area contributed by atoms with E-state index in [4.69, 9.17) is 9.84 Å². The van der Waals surface area contributed by atoms with Crippen LogP contribution in [0.4, 0.5) is 4.39 Å². The van der Waals surface area contributed by atoms with Gasteiger partial charge in [0.05, 0.1) is 6.04 Å². The van der Waals surface area contributed by atoms with Crippen molar-refractivity contribution in [3.63, 3.8) is 0 Å². The molecule has 3 atom stereocenters. The summed E-state index contributed by atoms with van der Waals surface area (Å²) in [5.41, 5.74) is 3.63. The van der Waals surface area contributed by atoms with E-state index in [9.17, 15) is 14.0 Å². The molecule has 3 aromatic carbocycles. The summed E-state index contributed by atoms with van der Waals surface area (Å²) in [6, 6.07) is 21.3. The average Bonchev–Trinajstić information content (AvgIpc) is 3.63. The van der Waals surface area contributed by atoms with Gasteiger partial charge in [-0.05, 0) is 53.6 Å². The van der Waals surface area contributed by atoms with E-state index in [1.54, 1.807) is 0 Å². The molecule has 1 heterocycles. The number of halogens is 1. The minimum absolute atomic E-state index is 0.0387. The Morgan fingerprint density at radius 3 is 2.55 bits per heavy atom. The zero-order chi connectivity index (χ0) is 22.9. The Morgan fingerprint density at radius 2 is 1.76 bits per heavy atom. The normalized spacial score (nSPS) is 21.2. The standard InChI is InChI=1S/C27H24FNO4/c28-19-10-11-24(33-16-25(30)31)23(14-19)26-20-9-5-4-8-18(20)12-13-29(26)27(32)22-15-21(22)17-6-2-1-3-7-17/h1-11,14,21-22,26H,12-13,15-16H2,(H,30,31)/t21-,22+,26-/m1/s1. The van der Waals surface area contributed by atoms with Crippen molar-refractivity contribution in [3.8, 4) is 5.75 Å². The van der Waals surface area contributed by atoms with Crippen molar-refractivity contribution in [2.24, 2.45) is 5.92 Å². The highest BCUT2D eigenvalue weighted by Gasteiger charge is 2.48. The number of aliphatic carboxylic acids is 1. The second-order valence-electron chi connectivity index (χ2n) is 8.61. The van der Waals surface area contributed by atoms with Gasteiger partial charge in [-0.3, -0.25) is 4.79 Å². The van der Waals surface area contributed by atoms with Crippen LogP contribution < -0.4 is 4.74 Å². The number of amides is 1. The van der Waals surface area contributed by atoms with Gasteiger partial charge in [0.15, 0.2) is 6.61 Å². The second kappa shape index (κ2) is 8.70. The highest BCUT2D eigenvalue weighted by Crippen LogP contribution is 2.50. The maximum absolute atomic E-state index is 14.4. The third-order valence-electron chi connectivity index (χ3n) is 6.52. The minimum Gasteiger partial charge on any atom is -0.482 e. The highest BCUT2D eigenvalue weighted by atomic mass is 19.1. The van der Waals surface area contributed by atoms with E-state index < -0.39 is 24.4 Å². The molecule has 1 saturated carbocycles. The van der Waals surface area contributed by atoms with Crippen LogP contribution in [-0.2, 0) is 16.0 Å². The molecule has 0 aromatic heterocycles. The van der Waals surface area contributed by atoms with Crippen molar-refractivity contribution in [2.75, 3.05) is 13.2 Å². The molecule has 1 N–H and O–H groups in total. The molecule has 6 heteroatoms. The maximum atomic E-state index is 14.4. The van der Waals surface area contributed by atoms with Gasteiger partial charge in [0.2, 0.25) is 5.91 Å². The fourth-order valence-electron chi connectivity index (χ4n) is 4.89. The van der Waals surface area contributed by atoms with Gasteiger partial charge >= 0.3 is 5.97 Å². The van der Waals surface area contributed by atoms with Crippen molar-refractivity contribution >= 4 is 11.9 Å². The fourth-order valence-corrected chi connectivity index (χ4v) is 4.89. The summed E-state index contributed by atoms with van der Waals surface area (Å²) in [7, 11) is 0. The van der Waals surface area contributed by atoms with E-state index in [0.29, 0.717) is 18.5 Å². The number of carboxylic acid groups (broad SMARTS) is 1. The van der Waals surface area contributed by atoms with Gasteiger partial charge in [-0.25, -0.2) is 9.18 Å². The number of rotatable bonds is 6. The minimum atomic E-state index is -1.12.